The highest BCUT2D eigenvalue weighted by atomic mass is 16.6. The van der Waals surface area contributed by atoms with Gasteiger partial charge in [0.1, 0.15) is 18.3 Å². The number of aliphatic hydroxyl groups excluding tert-OH is 3. The standard InChI is InChI=1S/C10H16N2O6/c1-4-2-12(10(17)11-8(4)16)9-7(15)6(14)5(3-13)18-9/h4-7,9,13-15H,2-3H2,1H3,(H,11,16,17)/t4?,5-,6-,7-,9?/m1/s1. The Labute approximate surface area is 103 Å². The number of amides is 3. The zero-order chi connectivity index (χ0) is 13.4. The molecular formula is C10H16N2O6. The Hall–Kier alpha value is -1.22. The maximum Gasteiger partial charge on any atom is 0.326 e. The van der Waals surface area contributed by atoms with Gasteiger partial charge in [-0.2, -0.15) is 0 Å². The zero-order valence-corrected chi connectivity index (χ0v) is 9.81. The van der Waals surface area contributed by atoms with Gasteiger partial charge in [-0.25, -0.2) is 4.79 Å². The first-order valence-electron chi connectivity index (χ1n) is 5.69. The number of aliphatic hydroxyl groups is 3. The molecular weight excluding hydrogens is 244 g/mol. The van der Waals surface area contributed by atoms with Crippen molar-refractivity contribution in [2.45, 2.75) is 31.5 Å². The van der Waals surface area contributed by atoms with E-state index < -0.39 is 43.1 Å². The summed E-state index contributed by atoms with van der Waals surface area (Å²) in [6, 6.07) is -0.673. The van der Waals surface area contributed by atoms with E-state index in [1.165, 1.54) is 0 Å². The van der Waals surface area contributed by atoms with Crippen molar-refractivity contribution >= 4 is 11.9 Å². The van der Waals surface area contributed by atoms with Gasteiger partial charge in [-0.3, -0.25) is 15.0 Å². The Balaban J connectivity index is 2.12. The second-order valence-corrected chi connectivity index (χ2v) is 4.58. The van der Waals surface area contributed by atoms with Crippen molar-refractivity contribution in [2.75, 3.05) is 13.2 Å². The number of imide groups is 1. The van der Waals surface area contributed by atoms with Crippen molar-refractivity contribution in [1.29, 1.82) is 0 Å². The fourth-order valence-corrected chi connectivity index (χ4v) is 2.12. The summed E-state index contributed by atoms with van der Waals surface area (Å²) < 4.78 is 5.23. The lowest BCUT2D eigenvalue weighted by Crippen LogP contribution is -2.59. The summed E-state index contributed by atoms with van der Waals surface area (Å²) in [4.78, 5) is 24.1. The van der Waals surface area contributed by atoms with E-state index in [9.17, 15) is 19.8 Å². The van der Waals surface area contributed by atoms with E-state index >= 15 is 0 Å². The van der Waals surface area contributed by atoms with Gasteiger partial charge in [0.25, 0.3) is 0 Å². The Morgan fingerprint density at radius 1 is 1.39 bits per heavy atom. The molecule has 0 saturated carbocycles. The number of nitrogens with one attached hydrogen (secondary N) is 1. The van der Waals surface area contributed by atoms with Gasteiger partial charge in [-0.15, -0.1) is 0 Å². The second-order valence-electron chi connectivity index (χ2n) is 4.58. The van der Waals surface area contributed by atoms with E-state index in [2.05, 4.69) is 5.32 Å². The topological polar surface area (TPSA) is 119 Å². The molecule has 18 heavy (non-hydrogen) atoms. The molecule has 0 spiro atoms. The van der Waals surface area contributed by atoms with Gasteiger partial charge in [0.05, 0.1) is 12.5 Å². The van der Waals surface area contributed by atoms with E-state index in [1.807, 2.05) is 0 Å². The third kappa shape index (κ3) is 2.07. The van der Waals surface area contributed by atoms with E-state index in [4.69, 9.17) is 9.84 Å². The fraction of sp³-hybridized carbons (Fsp3) is 0.800. The number of hydrogen-bond donors (Lipinski definition) is 4. The third-order valence-corrected chi connectivity index (χ3v) is 3.23. The summed E-state index contributed by atoms with van der Waals surface area (Å²) in [6.07, 6.45) is -4.58. The molecule has 0 bridgehead atoms. The molecule has 5 atom stereocenters. The van der Waals surface area contributed by atoms with Crippen LogP contribution in [0, 0.1) is 5.92 Å². The van der Waals surface area contributed by atoms with Crippen molar-refractivity contribution in [3.8, 4) is 0 Å². The van der Waals surface area contributed by atoms with E-state index in [1.54, 1.807) is 6.92 Å². The van der Waals surface area contributed by atoms with E-state index in [0.717, 1.165) is 4.90 Å². The molecule has 0 aromatic heterocycles. The van der Waals surface area contributed by atoms with Crippen LogP contribution in [-0.4, -0.2) is 69.8 Å². The minimum Gasteiger partial charge on any atom is -0.394 e. The highest BCUT2D eigenvalue weighted by Crippen LogP contribution is 2.25. The van der Waals surface area contributed by atoms with E-state index in [0.29, 0.717) is 0 Å². The molecule has 0 aromatic carbocycles. The number of carbonyl (C=O) groups is 2. The van der Waals surface area contributed by atoms with Gasteiger partial charge in [0.15, 0.2) is 6.23 Å². The molecule has 0 radical (unpaired) electrons. The van der Waals surface area contributed by atoms with Crippen molar-refractivity contribution in [3.63, 3.8) is 0 Å². The summed E-state index contributed by atoms with van der Waals surface area (Å²) in [5.41, 5.74) is 0. The van der Waals surface area contributed by atoms with Crippen LogP contribution in [0.4, 0.5) is 4.79 Å². The molecule has 4 N–H and O–H groups in total. The Bertz CT molecular complexity index is 362. The normalized spacial score (nSPS) is 41.1. The van der Waals surface area contributed by atoms with Gasteiger partial charge < -0.3 is 20.1 Å². The number of ether oxygens (including phenoxy) is 1. The fourth-order valence-electron chi connectivity index (χ4n) is 2.12. The van der Waals surface area contributed by atoms with E-state index in [-0.39, 0.29) is 12.5 Å². The highest BCUT2D eigenvalue weighted by Gasteiger charge is 2.48. The molecule has 2 heterocycles. The van der Waals surface area contributed by atoms with Crippen LogP contribution in [0.2, 0.25) is 0 Å². The summed E-state index contributed by atoms with van der Waals surface area (Å²) in [5, 5.41) is 30.5. The summed E-state index contributed by atoms with van der Waals surface area (Å²) in [5.74, 6) is -0.813. The Morgan fingerprint density at radius 2 is 2.06 bits per heavy atom. The van der Waals surface area contributed by atoms with Crippen molar-refractivity contribution in [1.82, 2.24) is 10.2 Å². The van der Waals surface area contributed by atoms with Crippen LogP contribution in [-0.2, 0) is 9.53 Å². The monoisotopic (exact) mass is 260 g/mol. The summed E-state index contributed by atoms with van der Waals surface area (Å²) in [6.45, 7) is 1.27. The number of rotatable bonds is 2. The van der Waals surface area contributed by atoms with Crippen LogP contribution in [0.1, 0.15) is 6.92 Å². The summed E-state index contributed by atoms with van der Waals surface area (Å²) in [7, 11) is 0. The summed E-state index contributed by atoms with van der Waals surface area (Å²) >= 11 is 0. The van der Waals surface area contributed by atoms with Crippen LogP contribution < -0.4 is 5.32 Å². The van der Waals surface area contributed by atoms with Gasteiger partial charge in [0, 0.05) is 6.54 Å². The van der Waals surface area contributed by atoms with Crippen molar-refractivity contribution < 1.29 is 29.6 Å². The molecule has 8 heteroatoms. The predicted octanol–water partition coefficient (Wildman–Crippen LogP) is -2.39. The van der Waals surface area contributed by atoms with Crippen LogP contribution in [0.25, 0.3) is 0 Å². The quantitative estimate of drug-likeness (QED) is 0.440. The molecule has 8 nitrogen and oxygen atoms in total. The van der Waals surface area contributed by atoms with Crippen LogP contribution in [0.15, 0.2) is 0 Å². The van der Waals surface area contributed by atoms with Crippen LogP contribution in [0.5, 0.6) is 0 Å². The molecule has 2 rings (SSSR count). The van der Waals surface area contributed by atoms with Crippen molar-refractivity contribution in [3.05, 3.63) is 0 Å². The smallest absolute Gasteiger partial charge is 0.326 e. The minimum atomic E-state index is -1.31. The highest BCUT2D eigenvalue weighted by molar-refractivity contribution is 5.97. The lowest BCUT2D eigenvalue weighted by atomic mass is 10.1. The first-order valence-corrected chi connectivity index (χ1v) is 5.69. The molecule has 2 unspecified atom stereocenters. The number of hydrogen-bond acceptors (Lipinski definition) is 6. The molecule has 102 valence electrons. The molecule has 2 aliphatic rings. The maximum absolute atomic E-state index is 11.6. The predicted molar refractivity (Wildman–Crippen MR) is 57.2 cm³/mol. The minimum absolute atomic E-state index is 0.0945. The SMILES string of the molecule is CC1CN(C2O[C@H](CO)[C@@H](O)[C@H]2O)C(=O)NC1=O. The molecule has 2 aliphatic heterocycles. The number of nitrogens with zero attached hydrogens (tertiary/aromatic N) is 1. The largest absolute Gasteiger partial charge is 0.394 e. The van der Waals surface area contributed by atoms with Gasteiger partial charge in [-0.1, -0.05) is 6.92 Å². The second kappa shape index (κ2) is 4.81. The number of urea groups is 1. The number of carbonyl (C=O) groups excluding carboxylic acids is 2. The average Bonchev–Trinajstić information content (AvgIpc) is 2.61. The Kier molecular flexibility index (Phi) is 3.53. The molecule has 2 fully saturated rings. The van der Waals surface area contributed by atoms with Gasteiger partial charge in [0.2, 0.25) is 5.91 Å². The lowest BCUT2D eigenvalue weighted by Gasteiger charge is -2.35. The average molecular weight is 260 g/mol. The maximum atomic E-state index is 11.6. The van der Waals surface area contributed by atoms with Crippen molar-refractivity contribution in [2.24, 2.45) is 5.92 Å². The molecule has 0 aromatic rings. The third-order valence-electron chi connectivity index (χ3n) is 3.23. The first-order chi connectivity index (χ1) is 8.45. The Morgan fingerprint density at radius 3 is 2.61 bits per heavy atom. The molecule has 3 amide bonds. The van der Waals surface area contributed by atoms with Gasteiger partial charge in [-0.05, 0) is 0 Å². The molecule has 0 aliphatic carbocycles. The molecule has 2 saturated heterocycles. The van der Waals surface area contributed by atoms with Gasteiger partial charge >= 0.3 is 6.03 Å². The zero-order valence-electron chi connectivity index (χ0n) is 9.81. The van der Waals surface area contributed by atoms with Crippen LogP contribution in [0.3, 0.4) is 0 Å². The van der Waals surface area contributed by atoms with Crippen LogP contribution >= 0.6 is 0 Å². The first kappa shape index (κ1) is 13.2. The lowest BCUT2D eigenvalue weighted by molar-refractivity contribution is -0.130.